The zero-order chi connectivity index (χ0) is 15.1. The summed E-state index contributed by atoms with van der Waals surface area (Å²) in [6, 6.07) is 15.2. The van der Waals surface area contributed by atoms with Gasteiger partial charge in [0.25, 0.3) is 0 Å². The third-order valence-corrected chi connectivity index (χ3v) is 3.57. The summed E-state index contributed by atoms with van der Waals surface area (Å²) in [6.45, 7) is 0.499. The minimum absolute atomic E-state index is 0.0118. The van der Waals surface area contributed by atoms with Crippen molar-refractivity contribution < 1.29 is 9.53 Å². The van der Waals surface area contributed by atoms with E-state index in [1.165, 1.54) is 0 Å². The van der Waals surface area contributed by atoms with Gasteiger partial charge in [-0.25, -0.2) is 0 Å². The maximum atomic E-state index is 11.9. The fraction of sp³-hybridized carbons (Fsp3) is 0.235. The monoisotopic (exact) mass is 303 g/mol. The molecule has 21 heavy (non-hydrogen) atoms. The highest BCUT2D eigenvalue weighted by atomic mass is 35.5. The number of carbonyl (C=O) groups excluding carboxylic acids is 1. The molecule has 0 heterocycles. The molecule has 0 atom stereocenters. The second kappa shape index (κ2) is 7.70. The van der Waals surface area contributed by atoms with E-state index in [-0.39, 0.29) is 5.91 Å². The number of methoxy groups -OCH3 is 1. The molecule has 1 amide bonds. The number of ether oxygens (including phenoxy) is 1. The molecule has 0 aliphatic rings. The number of rotatable bonds is 6. The summed E-state index contributed by atoms with van der Waals surface area (Å²) in [4.78, 5) is 11.9. The summed E-state index contributed by atoms with van der Waals surface area (Å²) < 4.78 is 5.15. The third-order valence-electron chi connectivity index (χ3n) is 3.20. The van der Waals surface area contributed by atoms with Crippen LogP contribution in [0, 0.1) is 0 Å². The average Bonchev–Trinajstić information content (AvgIpc) is 2.52. The minimum atomic E-state index is 0.0118. The van der Waals surface area contributed by atoms with E-state index >= 15 is 0 Å². The molecule has 0 aromatic heterocycles. The van der Waals surface area contributed by atoms with Crippen LogP contribution in [-0.2, 0) is 17.8 Å². The Morgan fingerprint density at radius 1 is 1.19 bits per heavy atom. The quantitative estimate of drug-likeness (QED) is 0.885. The van der Waals surface area contributed by atoms with Gasteiger partial charge in [0.2, 0.25) is 5.91 Å². The number of carbonyl (C=O) groups is 1. The average molecular weight is 304 g/mol. The van der Waals surface area contributed by atoms with E-state index in [4.69, 9.17) is 16.3 Å². The van der Waals surface area contributed by atoms with Gasteiger partial charge in [-0.05, 0) is 35.7 Å². The van der Waals surface area contributed by atoms with Crippen LogP contribution in [-0.4, -0.2) is 13.0 Å². The van der Waals surface area contributed by atoms with Crippen molar-refractivity contribution in [3.8, 4) is 5.75 Å². The van der Waals surface area contributed by atoms with Crippen LogP contribution in [0.5, 0.6) is 5.75 Å². The Morgan fingerprint density at radius 2 is 2.00 bits per heavy atom. The van der Waals surface area contributed by atoms with Crippen LogP contribution in [0.2, 0.25) is 5.02 Å². The van der Waals surface area contributed by atoms with Gasteiger partial charge >= 0.3 is 0 Å². The van der Waals surface area contributed by atoms with Gasteiger partial charge < -0.3 is 10.1 Å². The Balaban J connectivity index is 1.81. The summed E-state index contributed by atoms with van der Waals surface area (Å²) >= 11 is 6.07. The number of halogens is 1. The Morgan fingerprint density at radius 3 is 2.76 bits per heavy atom. The highest BCUT2D eigenvalue weighted by molar-refractivity contribution is 6.31. The highest BCUT2D eigenvalue weighted by Gasteiger charge is 2.05. The van der Waals surface area contributed by atoms with Crippen LogP contribution in [0.3, 0.4) is 0 Å². The second-order valence-corrected chi connectivity index (χ2v) is 5.13. The summed E-state index contributed by atoms with van der Waals surface area (Å²) in [5.74, 6) is 0.801. The van der Waals surface area contributed by atoms with Gasteiger partial charge in [0.15, 0.2) is 0 Å². The lowest BCUT2D eigenvalue weighted by Gasteiger charge is -2.07. The van der Waals surface area contributed by atoms with Crippen molar-refractivity contribution in [2.45, 2.75) is 19.4 Å². The van der Waals surface area contributed by atoms with Crippen molar-refractivity contribution in [1.29, 1.82) is 0 Å². The lowest BCUT2D eigenvalue weighted by molar-refractivity contribution is -0.121. The molecule has 0 spiro atoms. The Kier molecular flexibility index (Phi) is 5.64. The molecule has 0 aliphatic carbocycles. The fourth-order valence-corrected chi connectivity index (χ4v) is 2.25. The molecule has 1 N–H and O–H groups in total. The number of nitrogens with one attached hydrogen (secondary N) is 1. The molecule has 3 nitrogen and oxygen atoms in total. The first-order chi connectivity index (χ1) is 10.2. The lowest BCUT2D eigenvalue weighted by Crippen LogP contribution is -2.23. The molecule has 0 saturated carbocycles. The minimum Gasteiger partial charge on any atom is -0.497 e. The van der Waals surface area contributed by atoms with Gasteiger partial charge in [-0.1, -0.05) is 41.9 Å². The van der Waals surface area contributed by atoms with E-state index in [0.29, 0.717) is 24.4 Å². The number of hydrogen-bond donors (Lipinski definition) is 1. The molecule has 0 radical (unpaired) electrons. The smallest absolute Gasteiger partial charge is 0.220 e. The van der Waals surface area contributed by atoms with E-state index in [9.17, 15) is 4.79 Å². The molecule has 2 aromatic carbocycles. The normalized spacial score (nSPS) is 10.2. The van der Waals surface area contributed by atoms with Crippen molar-refractivity contribution in [2.24, 2.45) is 0 Å². The highest BCUT2D eigenvalue weighted by Crippen LogP contribution is 2.16. The SMILES string of the molecule is COc1cccc(CNC(=O)CCc2ccccc2Cl)c1. The van der Waals surface area contributed by atoms with Crippen molar-refractivity contribution in [3.05, 3.63) is 64.7 Å². The van der Waals surface area contributed by atoms with Gasteiger partial charge in [-0.3, -0.25) is 4.79 Å². The third kappa shape index (κ3) is 4.80. The first-order valence-corrected chi connectivity index (χ1v) is 7.20. The molecule has 4 heteroatoms. The molecule has 110 valence electrons. The molecule has 2 aromatic rings. The van der Waals surface area contributed by atoms with Crippen molar-refractivity contribution in [3.63, 3.8) is 0 Å². The maximum Gasteiger partial charge on any atom is 0.220 e. The van der Waals surface area contributed by atoms with Crippen LogP contribution in [0.15, 0.2) is 48.5 Å². The Labute approximate surface area is 129 Å². The lowest BCUT2D eigenvalue weighted by atomic mass is 10.1. The van der Waals surface area contributed by atoms with Gasteiger partial charge in [-0.2, -0.15) is 0 Å². The summed E-state index contributed by atoms with van der Waals surface area (Å²) in [6.07, 6.45) is 1.07. The number of benzene rings is 2. The fourth-order valence-electron chi connectivity index (χ4n) is 2.02. The molecule has 0 saturated heterocycles. The van der Waals surface area contributed by atoms with Crippen LogP contribution in [0.25, 0.3) is 0 Å². The van der Waals surface area contributed by atoms with E-state index < -0.39 is 0 Å². The molecular formula is C17H18ClNO2. The largest absolute Gasteiger partial charge is 0.497 e. The van der Waals surface area contributed by atoms with Gasteiger partial charge in [0.05, 0.1) is 7.11 Å². The molecule has 2 rings (SSSR count). The summed E-state index contributed by atoms with van der Waals surface area (Å²) in [5, 5.41) is 3.61. The first kappa shape index (κ1) is 15.4. The van der Waals surface area contributed by atoms with Crippen LogP contribution >= 0.6 is 11.6 Å². The number of amides is 1. The van der Waals surface area contributed by atoms with Gasteiger partial charge in [0, 0.05) is 18.0 Å². The predicted octanol–water partition coefficient (Wildman–Crippen LogP) is 3.60. The molecule has 0 fully saturated rings. The topological polar surface area (TPSA) is 38.3 Å². The molecular weight excluding hydrogens is 286 g/mol. The summed E-state index contributed by atoms with van der Waals surface area (Å²) in [7, 11) is 1.63. The van der Waals surface area contributed by atoms with Crippen molar-refractivity contribution >= 4 is 17.5 Å². The summed E-state index contributed by atoms with van der Waals surface area (Å²) in [5.41, 5.74) is 2.01. The number of hydrogen-bond acceptors (Lipinski definition) is 2. The zero-order valence-electron chi connectivity index (χ0n) is 11.9. The molecule has 0 bridgehead atoms. The van der Waals surface area contributed by atoms with Gasteiger partial charge in [-0.15, -0.1) is 0 Å². The van der Waals surface area contributed by atoms with Crippen molar-refractivity contribution in [2.75, 3.05) is 7.11 Å². The predicted molar refractivity (Wildman–Crippen MR) is 84.6 cm³/mol. The Bertz CT molecular complexity index is 613. The van der Waals surface area contributed by atoms with Crippen LogP contribution in [0.4, 0.5) is 0 Å². The van der Waals surface area contributed by atoms with Gasteiger partial charge in [0.1, 0.15) is 5.75 Å². The first-order valence-electron chi connectivity index (χ1n) is 6.82. The molecule has 0 unspecified atom stereocenters. The van der Waals surface area contributed by atoms with E-state index in [0.717, 1.165) is 16.9 Å². The van der Waals surface area contributed by atoms with E-state index in [1.54, 1.807) is 7.11 Å². The van der Waals surface area contributed by atoms with Crippen molar-refractivity contribution in [1.82, 2.24) is 5.32 Å². The molecule has 0 aliphatic heterocycles. The number of aryl methyl sites for hydroxylation is 1. The second-order valence-electron chi connectivity index (χ2n) is 4.72. The Hall–Kier alpha value is -2.00. The van der Waals surface area contributed by atoms with Crippen LogP contribution in [0.1, 0.15) is 17.5 Å². The van der Waals surface area contributed by atoms with E-state index in [1.807, 2.05) is 48.5 Å². The van der Waals surface area contributed by atoms with E-state index in [2.05, 4.69) is 5.32 Å². The zero-order valence-corrected chi connectivity index (χ0v) is 12.7. The van der Waals surface area contributed by atoms with Crippen LogP contribution < -0.4 is 10.1 Å². The maximum absolute atomic E-state index is 11.9. The standard InChI is InChI=1S/C17H18ClNO2/c1-21-15-7-4-5-13(11-15)12-19-17(20)10-9-14-6-2-3-8-16(14)18/h2-8,11H,9-10,12H2,1H3,(H,19,20).